The van der Waals surface area contributed by atoms with Crippen LogP contribution in [0.4, 0.5) is 0 Å². The summed E-state index contributed by atoms with van der Waals surface area (Å²) in [5.74, 6) is 2.07. The van der Waals surface area contributed by atoms with Gasteiger partial charge in [0.05, 0.1) is 23.7 Å². The maximum atomic E-state index is 5.92. The van der Waals surface area contributed by atoms with Gasteiger partial charge in [-0.05, 0) is 70.1 Å². The minimum absolute atomic E-state index is 0.359. The van der Waals surface area contributed by atoms with Crippen molar-refractivity contribution in [1.82, 2.24) is 14.9 Å². The lowest BCUT2D eigenvalue weighted by Gasteiger charge is -2.18. The van der Waals surface area contributed by atoms with Crippen LogP contribution >= 0.6 is 0 Å². The summed E-state index contributed by atoms with van der Waals surface area (Å²) in [4.78, 5) is 16.1. The minimum Gasteiger partial charge on any atom is -0.494 e. The third-order valence-electron chi connectivity index (χ3n) is 6.79. The van der Waals surface area contributed by atoms with E-state index in [2.05, 4.69) is 77.7 Å². The van der Waals surface area contributed by atoms with Crippen LogP contribution in [0.15, 0.2) is 77.5 Å². The number of aromatic amines is 1. The van der Waals surface area contributed by atoms with Crippen molar-refractivity contribution >= 4 is 11.3 Å². The number of hydrogen-bond acceptors (Lipinski definition) is 5. The van der Waals surface area contributed by atoms with Crippen molar-refractivity contribution in [2.45, 2.75) is 25.7 Å². The first-order valence-electron chi connectivity index (χ1n) is 12.7. The molecule has 5 rings (SSSR count). The number of oxime groups is 1. The highest BCUT2D eigenvalue weighted by atomic mass is 16.6. The Balaban J connectivity index is 1.47. The number of rotatable bonds is 9. The highest BCUT2D eigenvalue weighted by Gasteiger charge is 2.30. The molecule has 6 heteroatoms. The van der Waals surface area contributed by atoms with Gasteiger partial charge >= 0.3 is 0 Å². The third kappa shape index (κ3) is 5.29. The van der Waals surface area contributed by atoms with Gasteiger partial charge in [0, 0.05) is 29.2 Å². The van der Waals surface area contributed by atoms with E-state index in [1.165, 1.54) is 12.0 Å². The topological polar surface area (TPSA) is 62.7 Å². The molecular formula is C30H34N4O2. The first-order valence-corrected chi connectivity index (χ1v) is 12.7. The average molecular weight is 483 g/mol. The molecule has 0 spiro atoms. The lowest BCUT2D eigenvalue weighted by atomic mass is 9.87. The molecular weight excluding hydrogens is 448 g/mol. The molecule has 3 aromatic rings. The number of nitrogens with one attached hydrogen (secondary N) is 1. The van der Waals surface area contributed by atoms with Crippen molar-refractivity contribution in [2.75, 3.05) is 34.4 Å². The number of nitrogens with zero attached hydrogens (tertiary/aromatic N) is 3. The summed E-state index contributed by atoms with van der Waals surface area (Å²) in [6.07, 6.45) is 8.85. The van der Waals surface area contributed by atoms with Gasteiger partial charge in [-0.15, -0.1) is 0 Å². The third-order valence-corrected chi connectivity index (χ3v) is 6.79. The van der Waals surface area contributed by atoms with E-state index in [-0.39, 0.29) is 0 Å². The predicted molar refractivity (Wildman–Crippen MR) is 146 cm³/mol. The van der Waals surface area contributed by atoms with Crippen LogP contribution in [-0.2, 0) is 4.84 Å². The van der Waals surface area contributed by atoms with E-state index in [0.717, 1.165) is 71.2 Å². The molecule has 1 fully saturated rings. The van der Waals surface area contributed by atoms with E-state index in [4.69, 9.17) is 14.6 Å². The Morgan fingerprint density at radius 2 is 1.83 bits per heavy atom. The molecule has 6 nitrogen and oxygen atoms in total. The first kappa shape index (κ1) is 24.1. The normalized spacial score (nSPS) is 18.2. The van der Waals surface area contributed by atoms with Crippen LogP contribution < -0.4 is 4.74 Å². The summed E-state index contributed by atoms with van der Waals surface area (Å²) in [6, 6.07) is 18.5. The van der Waals surface area contributed by atoms with Gasteiger partial charge in [0.25, 0.3) is 0 Å². The molecule has 0 bridgehead atoms. The Bertz CT molecular complexity index is 1270. The van der Waals surface area contributed by atoms with Gasteiger partial charge in [0.15, 0.2) is 0 Å². The van der Waals surface area contributed by atoms with E-state index in [0.29, 0.717) is 12.5 Å². The fourth-order valence-corrected chi connectivity index (χ4v) is 5.03. The molecule has 1 saturated carbocycles. The lowest BCUT2D eigenvalue weighted by Crippen LogP contribution is -2.15. The maximum Gasteiger partial charge on any atom is 0.138 e. The Morgan fingerprint density at radius 1 is 1.03 bits per heavy atom. The van der Waals surface area contributed by atoms with Crippen molar-refractivity contribution < 1.29 is 9.57 Å². The van der Waals surface area contributed by atoms with Crippen LogP contribution in [0.2, 0.25) is 0 Å². The molecule has 0 saturated heterocycles. The quantitative estimate of drug-likeness (QED) is 0.291. The van der Waals surface area contributed by atoms with Crippen molar-refractivity contribution in [3.8, 4) is 28.4 Å². The fourth-order valence-electron chi connectivity index (χ4n) is 5.03. The summed E-state index contributed by atoms with van der Waals surface area (Å²) >= 11 is 0. The van der Waals surface area contributed by atoms with Crippen molar-refractivity contribution in [3.05, 3.63) is 78.0 Å². The zero-order valence-electron chi connectivity index (χ0n) is 21.3. The molecule has 2 aliphatic rings. The molecule has 1 aromatic heterocycles. The maximum absolute atomic E-state index is 5.92. The SMILES string of the molecule is CON=C1C=C(c2nc(-c3ccc(OCCCN(C)C)cc3)[nH]c2-c2ccccc2)C=C2CCCC21. The molecule has 1 heterocycles. The molecule has 2 aromatic carbocycles. The number of allylic oxidation sites excluding steroid dienone is 4. The van der Waals surface area contributed by atoms with Crippen LogP contribution in [0.25, 0.3) is 28.2 Å². The number of hydrogen-bond donors (Lipinski definition) is 1. The smallest absolute Gasteiger partial charge is 0.138 e. The standard InChI is InChI=1S/C30H34N4O2/c1-34(2)17-8-18-36-25-15-13-22(14-16-25)30-31-28(21-9-5-4-6-10-21)29(32-30)24-19-23-11-7-12-26(23)27(20-24)33-35-3/h4-6,9-10,13-16,19-20,26H,7-8,11-12,17-18H2,1-3H3,(H,31,32). The van der Waals surface area contributed by atoms with E-state index >= 15 is 0 Å². The molecule has 36 heavy (non-hydrogen) atoms. The molecule has 0 radical (unpaired) electrons. The van der Waals surface area contributed by atoms with Crippen LogP contribution in [0.5, 0.6) is 5.75 Å². The average Bonchev–Trinajstić information content (AvgIpc) is 3.55. The molecule has 0 amide bonds. The van der Waals surface area contributed by atoms with E-state index in [1.54, 1.807) is 7.11 Å². The molecule has 0 aliphatic heterocycles. The Hall–Kier alpha value is -3.64. The predicted octanol–water partition coefficient (Wildman–Crippen LogP) is 6.20. The lowest BCUT2D eigenvalue weighted by molar-refractivity contribution is 0.212. The van der Waals surface area contributed by atoms with Crippen molar-refractivity contribution in [2.24, 2.45) is 11.1 Å². The minimum atomic E-state index is 0.359. The molecule has 1 unspecified atom stereocenters. The molecule has 1 N–H and O–H groups in total. The second-order valence-electron chi connectivity index (χ2n) is 9.67. The summed E-state index contributed by atoms with van der Waals surface area (Å²) in [5, 5.41) is 4.36. The number of H-pyrrole nitrogens is 1. The van der Waals surface area contributed by atoms with Gasteiger partial charge < -0.3 is 19.5 Å². The number of ether oxygens (including phenoxy) is 1. The summed E-state index contributed by atoms with van der Waals surface area (Å²) in [5.41, 5.74) is 7.54. The highest BCUT2D eigenvalue weighted by molar-refractivity contribution is 6.08. The van der Waals surface area contributed by atoms with Gasteiger partial charge in [0.2, 0.25) is 0 Å². The van der Waals surface area contributed by atoms with Crippen molar-refractivity contribution in [1.29, 1.82) is 0 Å². The van der Waals surface area contributed by atoms with Gasteiger partial charge in [-0.1, -0.05) is 47.1 Å². The highest BCUT2D eigenvalue weighted by Crippen LogP contribution is 2.40. The Labute approximate surface area is 213 Å². The Kier molecular flexibility index (Phi) is 7.33. The van der Waals surface area contributed by atoms with Gasteiger partial charge in [0.1, 0.15) is 18.7 Å². The zero-order chi connectivity index (χ0) is 24.9. The first-order chi connectivity index (χ1) is 17.6. The van der Waals surface area contributed by atoms with Crippen LogP contribution in [0, 0.1) is 5.92 Å². The molecule has 2 aliphatic carbocycles. The summed E-state index contributed by atoms with van der Waals surface area (Å²) in [6.45, 7) is 1.72. The van der Waals surface area contributed by atoms with E-state index in [9.17, 15) is 0 Å². The fraction of sp³-hybridized carbons (Fsp3) is 0.333. The van der Waals surface area contributed by atoms with Crippen LogP contribution in [0.3, 0.4) is 0 Å². The van der Waals surface area contributed by atoms with E-state index in [1.807, 2.05) is 18.2 Å². The van der Waals surface area contributed by atoms with Crippen molar-refractivity contribution in [3.63, 3.8) is 0 Å². The van der Waals surface area contributed by atoms with Gasteiger partial charge in [-0.3, -0.25) is 0 Å². The number of fused-ring (bicyclic) bond motifs is 1. The number of benzene rings is 2. The second kappa shape index (κ2) is 11.0. The Morgan fingerprint density at radius 3 is 2.58 bits per heavy atom. The van der Waals surface area contributed by atoms with Crippen LogP contribution in [0.1, 0.15) is 31.4 Å². The summed E-state index contributed by atoms with van der Waals surface area (Å²) < 4.78 is 5.92. The molecule has 186 valence electrons. The largest absolute Gasteiger partial charge is 0.494 e. The second-order valence-corrected chi connectivity index (χ2v) is 9.67. The summed E-state index contributed by atoms with van der Waals surface area (Å²) in [7, 11) is 5.77. The van der Waals surface area contributed by atoms with Gasteiger partial charge in [-0.25, -0.2) is 4.98 Å². The van der Waals surface area contributed by atoms with E-state index < -0.39 is 0 Å². The monoisotopic (exact) mass is 482 g/mol. The number of aromatic nitrogens is 2. The van der Waals surface area contributed by atoms with Crippen LogP contribution in [-0.4, -0.2) is 54.9 Å². The van der Waals surface area contributed by atoms with Gasteiger partial charge in [-0.2, -0.15) is 0 Å². The molecule has 1 atom stereocenters. The zero-order valence-corrected chi connectivity index (χ0v) is 21.3. The number of imidazole rings is 1.